The Kier molecular flexibility index (Phi) is 5.97. The second kappa shape index (κ2) is 7.27. The first-order valence-electron chi connectivity index (χ1n) is 5.74. The molecule has 4 nitrogen and oxygen atoms in total. The lowest BCUT2D eigenvalue weighted by molar-refractivity contribution is -0.0125. The van der Waals surface area contributed by atoms with Gasteiger partial charge in [0.1, 0.15) is 18.5 Å². The molecular formula is C13H20O4. The van der Waals surface area contributed by atoms with Gasteiger partial charge in [0.25, 0.3) is 0 Å². The van der Waals surface area contributed by atoms with Gasteiger partial charge in [0.05, 0.1) is 19.3 Å². The lowest BCUT2D eigenvalue weighted by Crippen LogP contribution is -2.25. The Morgan fingerprint density at radius 3 is 2.53 bits per heavy atom. The van der Waals surface area contributed by atoms with Crippen LogP contribution >= 0.6 is 0 Å². The average Bonchev–Trinajstić information content (AvgIpc) is 2.34. The molecule has 0 saturated carbocycles. The maximum Gasteiger partial charge on any atom is 0.124 e. The van der Waals surface area contributed by atoms with E-state index in [9.17, 15) is 5.11 Å². The lowest BCUT2D eigenvalue weighted by atomic mass is 10.2. The number of rotatable bonds is 7. The molecule has 0 aromatic heterocycles. The van der Waals surface area contributed by atoms with Crippen LogP contribution in [0.25, 0.3) is 0 Å². The number of benzene rings is 1. The van der Waals surface area contributed by atoms with Crippen LogP contribution in [0, 0.1) is 0 Å². The van der Waals surface area contributed by atoms with Gasteiger partial charge in [-0.05, 0) is 19.9 Å². The summed E-state index contributed by atoms with van der Waals surface area (Å²) in [6.45, 7) is 4.15. The van der Waals surface area contributed by atoms with E-state index in [-0.39, 0.29) is 25.9 Å². The number of ether oxygens (including phenoxy) is 2. The molecule has 0 aliphatic heterocycles. The number of aliphatic hydroxyl groups excluding tert-OH is 2. The SMILES string of the molecule is CC(C)OCC(O)COc1ccccc1CO. The smallest absolute Gasteiger partial charge is 0.124 e. The van der Waals surface area contributed by atoms with E-state index in [0.717, 1.165) is 0 Å². The quantitative estimate of drug-likeness (QED) is 0.755. The van der Waals surface area contributed by atoms with Gasteiger partial charge in [-0.25, -0.2) is 0 Å². The summed E-state index contributed by atoms with van der Waals surface area (Å²) in [5.41, 5.74) is 0.712. The fraction of sp³-hybridized carbons (Fsp3) is 0.538. The molecule has 1 unspecified atom stereocenters. The normalized spacial score (nSPS) is 12.8. The van der Waals surface area contributed by atoms with Crippen molar-refractivity contribution in [1.29, 1.82) is 0 Å². The van der Waals surface area contributed by atoms with Crippen LogP contribution in [0.4, 0.5) is 0 Å². The molecule has 0 bridgehead atoms. The zero-order valence-corrected chi connectivity index (χ0v) is 10.3. The summed E-state index contributed by atoms with van der Waals surface area (Å²) in [6, 6.07) is 7.20. The van der Waals surface area contributed by atoms with Crippen molar-refractivity contribution in [3.05, 3.63) is 29.8 Å². The molecule has 1 aromatic rings. The van der Waals surface area contributed by atoms with Crippen molar-refractivity contribution in [3.63, 3.8) is 0 Å². The first-order chi connectivity index (χ1) is 8.13. The third-order valence-electron chi connectivity index (χ3n) is 2.20. The largest absolute Gasteiger partial charge is 0.490 e. The van der Waals surface area contributed by atoms with Crippen molar-refractivity contribution in [2.75, 3.05) is 13.2 Å². The maximum absolute atomic E-state index is 9.61. The zero-order chi connectivity index (χ0) is 12.7. The molecular weight excluding hydrogens is 220 g/mol. The van der Waals surface area contributed by atoms with Gasteiger partial charge in [-0.15, -0.1) is 0 Å². The average molecular weight is 240 g/mol. The fourth-order valence-electron chi connectivity index (χ4n) is 1.31. The van der Waals surface area contributed by atoms with E-state index in [1.807, 2.05) is 26.0 Å². The molecule has 96 valence electrons. The highest BCUT2D eigenvalue weighted by Crippen LogP contribution is 2.17. The molecule has 2 N–H and O–H groups in total. The molecule has 0 aliphatic rings. The Balaban J connectivity index is 2.39. The predicted octanol–water partition coefficient (Wildman–Crippen LogP) is 1.34. The molecule has 1 aromatic carbocycles. The summed E-state index contributed by atoms with van der Waals surface area (Å²) in [4.78, 5) is 0. The van der Waals surface area contributed by atoms with E-state index in [2.05, 4.69) is 0 Å². The van der Waals surface area contributed by atoms with Gasteiger partial charge in [0, 0.05) is 5.56 Å². The number of aliphatic hydroxyl groups is 2. The Morgan fingerprint density at radius 2 is 1.88 bits per heavy atom. The topological polar surface area (TPSA) is 58.9 Å². The standard InChI is InChI=1S/C13H20O4/c1-10(2)16-8-12(15)9-17-13-6-4-3-5-11(13)7-14/h3-6,10,12,14-15H,7-9H2,1-2H3. The van der Waals surface area contributed by atoms with Gasteiger partial charge in [-0.3, -0.25) is 0 Å². The van der Waals surface area contributed by atoms with Gasteiger partial charge in [-0.1, -0.05) is 18.2 Å². The van der Waals surface area contributed by atoms with Crippen molar-refractivity contribution in [2.45, 2.75) is 32.7 Å². The Morgan fingerprint density at radius 1 is 1.18 bits per heavy atom. The van der Waals surface area contributed by atoms with Crippen LogP contribution < -0.4 is 4.74 Å². The molecule has 0 radical (unpaired) electrons. The van der Waals surface area contributed by atoms with E-state index < -0.39 is 6.10 Å². The van der Waals surface area contributed by atoms with E-state index >= 15 is 0 Å². The highest BCUT2D eigenvalue weighted by atomic mass is 16.5. The zero-order valence-electron chi connectivity index (χ0n) is 10.3. The van der Waals surface area contributed by atoms with E-state index in [4.69, 9.17) is 14.6 Å². The third-order valence-corrected chi connectivity index (χ3v) is 2.20. The summed E-state index contributed by atoms with van der Waals surface area (Å²) in [6.07, 6.45) is -0.571. The van der Waals surface area contributed by atoms with E-state index in [1.54, 1.807) is 12.1 Å². The van der Waals surface area contributed by atoms with E-state index in [1.165, 1.54) is 0 Å². The van der Waals surface area contributed by atoms with Crippen molar-refractivity contribution >= 4 is 0 Å². The van der Waals surface area contributed by atoms with Gasteiger partial charge in [0.15, 0.2) is 0 Å². The summed E-state index contributed by atoms with van der Waals surface area (Å²) < 4.78 is 10.7. The van der Waals surface area contributed by atoms with Crippen LogP contribution in [0.2, 0.25) is 0 Å². The molecule has 1 rings (SSSR count). The predicted molar refractivity (Wildman–Crippen MR) is 65.0 cm³/mol. The van der Waals surface area contributed by atoms with Crippen LogP contribution in [0.3, 0.4) is 0 Å². The molecule has 4 heteroatoms. The minimum Gasteiger partial charge on any atom is -0.490 e. The molecule has 1 atom stereocenters. The Labute approximate surface area is 102 Å². The van der Waals surface area contributed by atoms with Crippen LogP contribution in [-0.2, 0) is 11.3 Å². The first kappa shape index (κ1) is 14.0. The molecule has 0 amide bonds. The number of hydrogen-bond acceptors (Lipinski definition) is 4. The molecule has 17 heavy (non-hydrogen) atoms. The maximum atomic E-state index is 9.61. The van der Waals surface area contributed by atoms with Crippen LogP contribution in [0.1, 0.15) is 19.4 Å². The number of hydrogen-bond donors (Lipinski definition) is 2. The first-order valence-corrected chi connectivity index (χ1v) is 5.74. The molecule has 0 aliphatic carbocycles. The summed E-state index contributed by atoms with van der Waals surface area (Å²) >= 11 is 0. The van der Waals surface area contributed by atoms with Crippen LogP contribution in [0.5, 0.6) is 5.75 Å². The van der Waals surface area contributed by atoms with E-state index in [0.29, 0.717) is 11.3 Å². The van der Waals surface area contributed by atoms with Crippen molar-refractivity contribution < 1.29 is 19.7 Å². The second-order valence-corrected chi connectivity index (χ2v) is 4.11. The lowest BCUT2D eigenvalue weighted by Gasteiger charge is -2.15. The van der Waals surface area contributed by atoms with Crippen LogP contribution in [-0.4, -0.2) is 35.6 Å². The highest BCUT2D eigenvalue weighted by Gasteiger charge is 2.08. The van der Waals surface area contributed by atoms with Gasteiger partial charge in [0.2, 0.25) is 0 Å². The minimum atomic E-state index is -0.663. The monoisotopic (exact) mass is 240 g/mol. The van der Waals surface area contributed by atoms with Crippen molar-refractivity contribution in [1.82, 2.24) is 0 Å². The summed E-state index contributed by atoms with van der Waals surface area (Å²) in [5, 5.41) is 18.7. The van der Waals surface area contributed by atoms with Crippen molar-refractivity contribution in [2.24, 2.45) is 0 Å². The van der Waals surface area contributed by atoms with Gasteiger partial charge < -0.3 is 19.7 Å². The molecule has 0 spiro atoms. The minimum absolute atomic E-state index is 0.0746. The second-order valence-electron chi connectivity index (χ2n) is 4.11. The summed E-state index contributed by atoms with van der Waals surface area (Å²) in [5.74, 6) is 0.596. The number of para-hydroxylation sites is 1. The third kappa shape index (κ3) is 5.17. The van der Waals surface area contributed by atoms with Gasteiger partial charge >= 0.3 is 0 Å². The molecule has 0 saturated heterocycles. The van der Waals surface area contributed by atoms with Crippen LogP contribution in [0.15, 0.2) is 24.3 Å². The molecule has 0 heterocycles. The summed E-state index contributed by atoms with van der Waals surface area (Å²) in [7, 11) is 0. The molecule has 0 fully saturated rings. The van der Waals surface area contributed by atoms with Gasteiger partial charge in [-0.2, -0.15) is 0 Å². The fourth-order valence-corrected chi connectivity index (χ4v) is 1.31. The Bertz CT molecular complexity index is 325. The highest BCUT2D eigenvalue weighted by molar-refractivity contribution is 5.32. The Hall–Kier alpha value is -1.10. The van der Waals surface area contributed by atoms with Crippen molar-refractivity contribution in [3.8, 4) is 5.75 Å².